The highest BCUT2D eigenvalue weighted by atomic mass is 19.1. The van der Waals surface area contributed by atoms with Crippen molar-refractivity contribution in [3.8, 4) is 5.75 Å². The van der Waals surface area contributed by atoms with Crippen molar-refractivity contribution < 1.29 is 9.13 Å². The Morgan fingerprint density at radius 3 is 2.67 bits per heavy atom. The monoisotopic (exact) mass is 253 g/mol. The van der Waals surface area contributed by atoms with Gasteiger partial charge in [-0.2, -0.15) is 0 Å². The molecule has 0 spiro atoms. The van der Waals surface area contributed by atoms with E-state index in [9.17, 15) is 4.39 Å². The molecule has 3 heteroatoms. The summed E-state index contributed by atoms with van der Waals surface area (Å²) in [6.45, 7) is 5.25. The number of nitrogens with one attached hydrogen (secondary N) is 1. The van der Waals surface area contributed by atoms with E-state index in [1.54, 1.807) is 6.07 Å². The van der Waals surface area contributed by atoms with Gasteiger partial charge in [0.25, 0.3) is 0 Å². The molecule has 102 valence electrons. The summed E-state index contributed by atoms with van der Waals surface area (Å²) < 4.78 is 18.9. The summed E-state index contributed by atoms with van der Waals surface area (Å²) in [4.78, 5) is 0. The van der Waals surface area contributed by atoms with Gasteiger partial charge < -0.3 is 10.1 Å². The fourth-order valence-corrected chi connectivity index (χ4v) is 2.22. The van der Waals surface area contributed by atoms with E-state index >= 15 is 0 Å². The van der Waals surface area contributed by atoms with Gasteiger partial charge in [0.15, 0.2) is 11.6 Å². The molecule has 0 aromatic heterocycles. The Labute approximate surface area is 110 Å². The minimum absolute atomic E-state index is 0.216. The number of hydrogen-bond donors (Lipinski definition) is 1. The lowest BCUT2D eigenvalue weighted by Gasteiger charge is -2.17. The van der Waals surface area contributed by atoms with E-state index in [1.165, 1.54) is 7.11 Å². The molecule has 0 aliphatic heterocycles. The Balaban J connectivity index is 2.61. The summed E-state index contributed by atoms with van der Waals surface area (Å²) in [5, 5.41) is 3.45. The van der Waals surface area contributed by atoms with Crippen molar-refractivity contribution in [2.24, 2.45) is 0 Å². The van der Waals surface area contributed by atoms with E-state index in [4.69, 9.17) is 4.74 Å². The number of hydrogen-bond acceptors (Lipinski definition) is 2. The highest BCUT2D eigenvalue weighted by Gasteiger charge is 2.11. The highest BCUT2D eigenvalue weighted by Crippen LogP contribution is 2.21. The van der Waals surface area contributed by atoms with Crippen molar-refractivity contribution in [2.45, 2.75) is 45.6 Å². The minimum Gasteiger partial charge on any atom is -0.494 e. The average molecular weight is 253 g/mol. The van der Waals surface area contributed by atoms with Gasteiger partial charge in [0.2, 0.25) is 0 Å². The molecule has 1 aromatic carbocycles. The van der Waals surface area contributed by atoms with Crippen molar-refractivity contribution in [3.63, 3.8) is 0 Å². The number of aryl methyl sites for hydroxylation is 1. The summed E-state index contributed by atoms with van der Waals surface area (Å²) in [5.41, 5.74) is 0.744. The van der Waals surface area contributed by atoms with E-state index in [0.717, 1.165) is 37.8 Å². The SMILES string of the molecule is CCCC(CCc1cccc(OC)c1F)NCC. The summed E-state index contributed by atoms with van der Waals surface area (Å²) >= 11 is 0. The molecule has 2 nitrogen and oxygen atoms in total. The molecule has 0 amide bonds. The first-order chi connectivity index (χ1) is 8.72. The second-order valence-corrected chi connectivity index (χ2v) is 4.52. The van der Waals surface area contributed by atoms with Crippen LogP contribution in [0.3, 0.4) is 0 Å². The molecule has 0 saturated heterocycles. The molecule has 1 N–H and O–H groups in total. The van der Waals surface area contributed by atoms with Crippen LogP contribution >= 0.6 is 0 Å². The largest absolute Gasteiger partial charge is 0.494 e. The predicted molar refractivity (Wildman–Crippen MR) is 73.6 cm³/mol. The molecule has 0 radical (unpaired) electrons. The number of halogens is 1. The Kier molecular flexibility index (Phi) is 6.73. The van der Waals surface area contributed by atoms with Gasteiger partial charge in [-0.15, -0.1) is 0 Å². The van der Waals surface area contributed by atoms with E-state index in [0.29, 0.717) is 11.8 Å². The number of rotatable bonds is 8. The maximum absolute atomic E-state index is 13.9. The Morgan fingerprint density at radius 1 is 1.28 bits per heavy atom. The Hall–Kier alpha value is -1.09. The van der Waals surface area contributed by atoms with Crippen LogP contribution in [0.2, 0.25) is 0 Å². The van der Waals surface area contributed by atoms with E-state index < -0.39 is 0 Å². The summed E-state index contributed by atoms with van der Waals surface area (Å²) in [6, 6.07) is 5.82. The van der Waals surface area contributed by atoms with Crippen LogP contribution in [0.25, 0.3) is 0 Å². The lowest BCUT2D eigenvalue weighted by Crippen LogP contribution is -2.29. The standard InChI is InChI=1S/C15H24FNO/c1-4-7-13(17-5-2)11-10-12-8-6-9-14(18-3)15(12)16/h6,8-9,13,17H,4-5,7,10-11H2,1-3H3. The quantitative estimate of drug-likeness (QED) is 0.765. The molecule has 1 aromatic rings. The highest BCUT2D eigenvalue weighted by molar-refractivity contribution is 5.31. The molecule has 1 rings (SSSR count). The maximum Gasteiger partial charge on any atom is 0.168 e. The molecule has 0 aliphatic rings. The molecule has 0 bridgehead atoms. The number of ether oxygens (including phenoxy) is 1. The molecular weight excluding hydrogens is 229 g/mol. The first-order valence-electron chi connectivity index (χ1n) is 6.77. The van der Waals surface area contributed by atoms with Gasteiger partial charge in [-0.25, -0.2) is 4.39 Å². The van der Waals surface area contributed by atoms with Gasteiger partial charge in [0.1, 0.15) is 0 Å². The third kappa shape index (κ3) is 4.30. The smallest absolute Gasteiger partial charge is 0.168 e. The van der Waals surface area contributed by atoms with Crippen LogP contribution in [0.5, 0.6) is 5.75 Å². The molecule has 0 aliphatic carbocycles. The van der Waals surface area contributed by atoms with Crippen LogP contribution in [0, 0.1) is 5.82 Å². The second-order valence-electron chi connectivity index (χ2n) is 4.52. The number of methoxy groups -OCH3 is 1. The average Bonchev–Trinajstić information content (AvgIpc) is 2.38. The zero-order valence-corrected chi connectivity index (χ0v) is 11.6. The Bertz CT molecular complexity index is 348. The van der Waals surface area contributed by atoms with E-state index in [1.807, 2.05) is 12.1 Å². The summed E-state index contributed by atoms with van der Waals surface area (Å²) in [7, 11) is 1.50. The zero-order chi connectivity index (χ0) is 13.4. The van der Waals surface area contributed by atoms with Gasteiger partial charge in [-0.05, 0) is 37.4 Å². The van der Waals surface area contributed by atoms with E-state index in [2.05, 4.69) is 19.2 Å². The fraction of sp³-hybridized carbons (Fsp3) is 0.600. The van der Waals surface area contributed by atoms with Gasteiger partial charge in [0.05, 0.1) is 7.11 Å². The van der Waals surface area contributed by atoms with Crippen LogP contribution < -0.4 is 10.1 Å². The maximum atomic E-state index is 13.9. The lowest BCUT2D eigenvalue weighted by molar-refractivity contribution is 0.382. The van der Waals surface area contributed by atoms with Crippen molar-refractivity contribution in [1.82, 2.24) is 5.32 Å². The van der Waals surface area contributed by atoms with Gasteiger partial charge in [-0.1, -0.05) is 32.4 Å². The first-order valence-corrected chi connectivity index (χ1v) is 6.77. The molecular formula is C15H24FNO. The molecule has 0 fully saturated rings. The summed E-state index contributed by atoms with van der Waals surface area (Å²) in [6.07, 6.45) is 4.00. The van der Waals surface area contributed by atoms with Crippen LogP contribution in [0.1, 0.15) is 38.7 Å². The zero-order valence-electron chi connectivity index (χ0n) is 11.6. The normalized spacial score (nSPS) is 12.4. The molecule has 18 heavy (non-hydrogen) atoms. The van der Waals surface area contributed by atoms with Crippen molar-refractivity contribution in [1.29, 1.82) is 0 Å². The number of benzene rings is 1. The molecule has 0 heterocycles. The van der Waals surface area contributed by atoms with Crippen LogP contribution in [-0.2, 0) is 6.42 Å². The first kappa shape index (κ1) is 15.0. The third-order valence-corrected chi connectivity index (χ3v) is 3.16. The Morgan fingerprint density at radius 2 is 2.06 bits per heavy atom. The third-order valence-electron chi connectivity index (χ3n) is 3.16. The van der Waals surface area contributed by atoms with Gasteiger partial charge in [0, 0.05) is 6.04 Å². The van der Waals surface area contributed by atoms with Gasteiger partial charge >= 0.3 is 0 Å². The van der Waals surface area contributed by atoms with Crippen LogP contribution in [-0.4, -0.2) is 19.7 Å². The topological polar surface area (TPSA) is 21.3 Å². The van der Waals surface area contributed by atoms with Crippen LogP contribution in [0.15, 0.2) is 18.2 Å². The van der Waals surface area contributed by atoms with Crippen molar-refractivity contribution >= 4 is 0 Å². The van der Waals surface area contributed by atoms with Crippen molar-refractivity contribution in [3.05, 3.63) is 29.6 Å². The fourth-order valence-electron chi connectivity index (χ4n) is 2.22. The van der Waals surface area contributed by atoms with Gasteiger partial charge in [-0.3, -0.25) is 0 Å². The molecule has 1 unspecified atom stereocenters. The van der Waals surface area contributed by atoms with E-state index in [-0.39, 0.29) is 5.82 Å². The minimum atomic E-state index is -0.216. The predicted octanol–water partition coefficient (Wildman–Crippen LogP) is 3.55. The lowest BCUT2D eigenvalue weighted by atomic mass is 10.0. The second kappa shape index (κ2) is 8.09. The molecule has 0 saturated carbocycles. The van der Waals surface area contributed by atoms with Crippen molar-refractivity contribution in [2.75, 3.05) is 13.7 Å². The molecule has 1 atom stereocenters. The summed E-state index contributed by atoms with van der Waals surface area (Å²) in [5.74, 6) is 0.120. The van der Waals surface area contributed by atoms with Crippen LogP contribution in [0.4, 0.5) is 4.39 Å².